The molecule has 8 nitrogen and oxygen atoms in total. The molecule has 3 atom stereocenters. The topological polar surface area (TPSA) is 124 Å². The monoisotopic (exact) mass is 642 g/mol. The maximum absolute atomic E-state index is 13.7. The summed E-state index contributed by atoms with van der Waals surface area (Å²) in [5.74, 6) is -1.89. The SMILES string of the molecule is Cc1cccc2c1C([O-])=NC2C(N=C(c1ccccc1)c1ccccc1N=C([O-])C1CCCN1Cc1ccccc1)C(=O)O.[Ni+2]. The zero-order chi connectivity index (χ0) is 30.6. The van der Waals surface area contributed by atoms with Crippen LogP contribution in [0.4, 0.5) is 5.69 Å². The second-order valence-corrected chi connectivity index (χ2v) is 11.1. The summed E-state index contributed by atoms with van der Waals surface area (Å²) in [7, 11) is 0. The summed E-state index contributed by atoms with van der Waals surface area (Å²) >= 11 is 0. The molecule has 4 aromatic carbocycles. The van der Waals surface area contributed by atoms with Crippen LogP contribution in [0.25, 0.3) is 0 Å². The Labute approximate surface area is 272 Å². The summed E-state index contributed by atoms with van der Waals surface area (Å²) in [6.45, 7) is 3.28. The predicted octanol–water partition coefficient (Wildman–Crippen LogP) is 4.20. The van der Waals surface area contributed by atoms with Crippen molar-refractivity contribution in [1.82, 2.24) is 4.90 Å². The number of hydrogen-bond donors (Lipinski definition) is 1. The third-order valence-electron chi connectivity index (χ3n) is 8.23. The van der Waals surface area contributed by atoms with Gasteiger partial charge in [-0.25, -0.2) is 4.79 Å². The van der Waals surface area contributed by atoms with Crippen molar-refractivity contribution in [3.05, 3.63) is 137 Å². The minimum Gasteiger partial charge on any atom is -0.861 e. The van der Waals surface area contributed by atoms with E-state index < -0.39 is 24.0 Å². The average Bonchev–Trinajstić information content (AvgIpc) is 3.63. The number of benzene rings is 4. The molecule has 3 unspecified atom stereocenters. The maximum atomic E-state index is 13.7. The van der Waals surface area contributed by atoms with Gasteiger partial charge >= 0.3 is 22.5 Å². The van der Waals surface area contributed by atoms with E-state index in [0.717, 1.165) is 24.1 Å². The quantitative estimate of drug-likeness (QED) is 0.167. The van der Waals surface area contributed by atoms with Crippen LogP contribution in [0.2, 0.25) is 0 Å². The van der Waals surface area contributed by atoms with Crippen LogP contribution in [0.5, 0.6) is 0 Å². The van der Waals surface area contributed by atoms with Crippen LogP contribution < -0.4 is 10.2 Å². The predicted molar refractivity (Wildman–Crippen MR) is 167 cm³/mol. The summed E-state index contributed by atoms with van der Waals surface area (Å²) in [5, 5.41) is 36.9. The number of carboxylic acid groups (broad SMARTS) is 1. The number of carbonyl (C=O) groups is 1. The van der Waals surface area contributed by atoms with Crippen LogP contribution in [0.1, 0.15) is 52.3 Å². The molecule has 230 valence electrons. The van der Waals surface area contributed by atoms with E-state index in [-0.39, 0.29) is 28.4 Å². The Morgan fingerprint density at radius 3 is 2.40 bits per heavy atom. The van der Waals surface area contributed by atoms with Gasteiger partial charge in [0, 0.05) is 23.7 Å². The summed E-state index contributed by atoms with van der Waals surface area (Å²) < 4.78 is 0. The zero-order valence-corrected chi connectivity index (χ0v) is 25.6. The molecule has 1 saturated heterocycles. The third-order valence-corrected chi connectivity index (χ3v) is 8.23. The summed E-state index contributed by atoms with van der Waals surface area (Å²) in [5.41, 5.74) is 4.82. The van der Waals surface area contributed by atoms with Crippen molar-refractivity contribution in [1.29, 1.82) is 0 Å². The van der Waals surface area contributed by atoms with Crippen molar-refractivity contribution in [3.63, 3.8) is 0 Å². The second kappa shape index (κ2) is 14.0. The molecular weight excluding hydrogens is 611 g/mol. The van der Waals surface area contributed by atoms with E-state index in [2.05, 4.69) is 27.0 Å². The van der Waals surface area contributed by atoms with Crippen LogP contribution >= 0.6 is 0 Å². The summed E-state index contributed by atoms with van der Waals surface area (Å²) in [6.07, 6.45) is 1.62. The van der Waals surface area contributed by atoms with Gasteiger partial charge < -0.3 is 15.3 Å². The first-order valence-electron chi connectivity index (χ1n) is 14.7. The first kappa shape index (κ1) is 31.8. The number of aryl methyl sites for hydroxylation is 1. The molecule has 2 aliphatic heterocycles. The van der Waals surface area contributed by atoms with Gasteiger partial charge in [-0.15, -0.1) is 0 Å². The molecule has 2 heterocycles. The van der Waals surface area contributed by atoms with Crippen LogP contribution in [-0.4, -0.2) is 52.1 Å². The van der Waals surface area contributed by atoms with Crippen molar-refractivity contribution in [3.8, 4) is 0 Å². The standard InChI is InChI=1S/C36H34N4O4.Ni/c1-23-12-10-18-27-30(23)35(42)39-32(27)33(36(43)44)38-31(25-15-6-3-7-16-25)26-17-8-9-19-28(26)37-34(41)29-20-11-21-40(29)22-24-13-4-2-5-14-24;/h2-10,12-19,29,32-33H,11,20-22H2,1H3,(H,37,41)(H,39,42)(H,43,44);/q;+2/p-2. The van der Waals surface area contributed by atoms with E-state index in [1.165, 1.54) is 0 Å². The molecule has 0 radical (unpaired) electrons. The number of aliphatic imine (C=N–C) groups is 3. The van der Waals surface area contributed by atoms with Crippen LogP contribution in [0, 0.1) is 6.92 Å². The molecule has 0 spiro atoms. The number of hydrogen-bond acceptors (Lipinski definition) is 7. The number of nitrogens with zero attached hydrogens (tertiary/aromatic N) is 4. The Bertz CT molecular complexity index is 1760. The Morgan fingerprint density at radius 2 is 1.67 bits per heavy atom. The molecular formula is C36H32N4NiO4. The van der Waals surface area contributed by atoms with Crippen molar-refractivity contribution >= 4 is 29.2 Å². The number of likely N-dealkylation sites (tertiary alicyclic amines) is 1. The van der Waals surface area contributed by atoms with Crippen LogP contribution in [0.3, 0.4) is 0 Å². The normalized spacial score (nSPS) is 19.0. The second-order valence-electron chi connectivity index (χ2n) is 11.1. The van der Waals surface area contributed by atoms with Gasteiger partial charge in [-0.1, -0.05) is 97.1 Å². The van der Waals surface area contributed by atoms with E-state index in [1.54, 1.807) is 30.3 Å². The fraction of sp³-hybridized carbons (Fsp3) is 0.222. The molecule has 0 aliphatic carbocycles. The number of carboxylic acids is 1. The number of aliphatic carboxylic acids is 1. The van der Waals surface area contributed by atoms with Crippen molar-refractivity contribution < 1.29 is 36.6 Å². The number of para-hydroxylation sites is 1. The molecule has 6 rings (SSSR count). The molecule has 0 amide bonds. The van der Waals surface area contributed by atoms with E-state index in [0.29, 0.717) is 46.6 Å². The molecule has 9 heteroatoms. The van der Waals surface area contributed by atoms with Crippen LogP contribution in [0.15, 0.2) is 118 Å². The van der Waals surface area contributed by atoms with E-state index in [1.807, 2.05) is 67.6 Å². The molecule has 0 bridgehead atoms. The molecule has 1 fully saturated rings. The Morgan fingerprint density at radius 1 is 0.978 bits per heavy atom. The fourth-order valence-electron chi connectivity index (χ4n) is 6.10. The molecule has 2 aliphatic rings. The summed E-state index contributed by atoms with van der Waals surface area (Å²) in [4.78, 5) is 28.5. The van der Waals surface area contributed by atoms with Gasteiger partial charge in [0.1, 0.15) is 6.04 Å². The molecule has 0 saturated carbocycles. The Balaban J connectivity index is 0.00000400. The maximum Gasteiger partial charge on any atom is 2.00 e. The smallest absolute Gasteiger partial charge is 0.861 e. The van der Waals surface area contributed by atoms with Gasteiger partial charge in [0.25, 0.3) is 0 Å². The summed E-state index contributed by atoms with van der Waals surface area (Å²) in [6, 6.07) is 29.1. The first-order valence-corrected chi connectivity index (χ1v) is 14.7. The van der Waals surface area contributed by atoms with E-state index in [4.69, 9.17) is 4.99 Å². The van der Waals surface area contributed by atoms with Crippen molar-refractivity contribution in [2.24, 2.45) is 15.0 Å². The fourth-order valence-corrected chi connectivity index (χ4v) is 6.10. The molecule has 0 aromatic heterocycles. The van der Waals surface area contributed by atoms with Gasteiger partial charge in [0.2, 0.25) is 0 Å². The average molecular weight is 643 g/mol. The molecule has 4 aromatic rings. The minimum atomic E-state index is -1.38. The van der Waals surface area contributed by atoms with Gasteiger partial charge in [0.15, 0.2) is 6.04 Å². The van der Waals surface area contributed by atoms with Crippen LogP contribution in [-0.2, 0) is 27.8 Å². The van der Waals surface area contributed by atoms with Gasteiger partial charge in [-0.2, -0.15) is 0 Å². The van der Waals surface area contributed by atoms with Crippen molar-refractivity contribution in [2.45, 2.75) is 44.4 Å². The largest absolute Gasteiger partial charge is 2.00 e. The zero-order valence-electron chi connectivity index (χ0n) is 24.7. The molecule has 1 N–H and O–H groups in total. The molecule has 45 heavy (non-hydrogen) atoms. The van der Waals surface area contributed by atoms with Gasteiger partial charge in [-0.05, 0) is 66.4 Å². The van der Waals surface area contributed by atoms with Gasteiger partial charge in [0.05, 0.1) is 11.4 Å². The third kappa shape index (κ3) is 6.75. The first-order chi connectivity index (χ1) is 21.4. The Hall–Kier alpha value is -4.59. The minimum absolute atomic E-state index is 0. The Kier molecular flexibility index (Phi) is 9.91. The van der Waals surface area contributed by atoms with Gasteiger partial charge in [-0.3, -0.25) is 19.9 Å². The van der Waals surface area contributed by atoms with E-state index in [9.17, 15) is 20.1 Å². The number of rotatable bonds is 9. The van der Waals surface area contributed by atoms with Crippen molar-refractivity contribution in [2.75, 3.05) is 6.54 Å². The number of fused-ring (bicyclic) bond motifs is 1. The van der Waals surface area contributed by atoms with E-state index >= 15 is 0 Å².